The van der Waals surface area contributed by atoms with Crippen LogP contribution in [0.4, 0.5) is 13.2 Å². The molecule has 1 aromatic rings. The lowest BCUT2D eigenvalue weighted by Crippen LogP contribution is -2.33. The van der Waals surface area contributed by atoms with E-state index in [1.54, 1.807) is 0 Å². The van der Waals surface area contributed by atoms with Crippen molar-refractivity contribution in [2.45, 2.75) is 0 Å². The van der Waals surface area contributed by atoms with Crippen LogP contribution in [0.1, 0.15) is 10.4 Å². The van der Waals surface area contributed by atoms with Crippen LogP contribution in [0.15, 0.2) is 12.1 Å². The van der Waals surface area contributed by atoms with Gasteiger partial charge in [0.2, 0.25) is 0 Å². The van der Waals surface area contributed by atoms with Gasteiger partial charge in [0.05, 0.1) is 0 Å². The van der Waals surface area contributed by atoms with E-state index in [1.165, 1.54) is 4.90 Å². The summed E-state index contributed by atoms with van der Waals surface area (Å²) in [7, 11) is 0. The van der Waals surface area contributed by atoms with E-state index >= 15 is 0 Å². The second kappa shape index (κ2) is 4.52. The summed E-state index contributed by atoms with van der Waals surface area (Å²) >= 11 is 0. The summed E-state index contributed by atoms with van der Waals surface area (Å²) in [4.78, 5) is 13.6. The number of fused-ring (bicyclic) bond motifs is 1. The van der Waals surface area contributed by atoms with Gasteiger partial charge in [-0.1, -0.05) is 0 Å². The van der Waals surface area contributed by atoms with Crippen LogP contribution in [0.5, 0.6) is 0 Å². The Morgan fingerprint density at radius 3 is 2.16 bits per heavy atom. The Kier molecular flexibility index (Phi) is 2.97. The third kappa shape index (κ3) is 2.10. The molecule has 0 radical (unpaired) electrons. The first kappa shape index (κ1) is 12.5. The molecule has 1 amide bonds. The Balaban J connectivity index is 1.85. The summed E-state index contributed by atoms with van der Waals surface area (Å²) in [5.41, 5.74) is -0.658. The molecule has 2 heterocycles. The number of nitrogens with one attached hydrogen (secondary N) is 1. The number of hydrogen-bond donors (Lipinski definition) is 1. The highest BCUT2D eigenvalue weighted by molar-refractivity contribution is 5.95. The number of rotatable bonds is 1. The maximum absolute atomic E-state index is 13.6. The molecule has 3 rings (SSSR count). The van der Waals surface area contributed by atoms with E-state index in [0.717, 1.165) is 13.1 Å². The van der Waals surface area contributed by atoms with Crippen molar-refractivity contribution in [1.29, 1.82) is 0 Å². The quantitative estimate of drug-likeness (QED) is 0.836. The number of amides is 1. The van der Waals surface area contributed by atoms with Gasteiger partial charge in [0.15, 0.2) is 0 Å². The van der Waals surface area contributed by atoms with Crippen molar-refractivity contribution in [2.24, 2.45) is 11.8 Å². The minimum Gasteiger partial charge on any atom is -0.338 e. The molecule has 6 heteroatoms. The summed E-state index contributed by atoms with van der Waals surface area (Å²) in [5.74, 6) is -3.31. The standard InChI is InChI=1S/C13H13F3N2O/c14-9-1-10(15)12(11(16)2-9)13(19)18-5-7-3-17-4-8(7)6-18/h1-2,7-8,17H,3-6H2/t7-,8+. The molecule has 0 bridgehead atoms. The van der Waals surface area contributed by atoms with E-state index in [4.69, 9.17) is 0 Å². The number of halogens is 3. The number of carbonyl (C=O) groups is 1. The fourth-order valence-electron chi connectivity index (χ4n) is 2.93. The first-order valence-corrected chi connectivity index (χ1v) is 6.21. The predicted octanol–water partition coefficient (Wildman–Crippen LogP) is 1.40. The van der Waals surface area contributed by atoms with Crippen LogP contribution in [-0.4, -0.2) is 37.0 Å². The van der Waals surface area contributed by atoms with Crippen molar-refractivity contribution >= 4 is 5.91 Å². The van der Waals surface area contributed by atoms with Gasteiger partial charge >= 0.3 is 0 Å². The fourth-order valence-corrected chi connectivity index (χ4v) is 2.93. The van der Waals surface area contributed by atoms with Crippen LogP contribution < -0.4 is 5.32 Å². The molecule has 2 saturated heterocycles. The largest absolute Gasteiger partial charge is 0.338 e. The topological polar surface area (TPSA) is 32.3 Å². The maximum atomic E-state index is 13.6. The molecule has 2 atom stereocenters. The van der Waals surface area contributed by atoms with Gasteiger partial charge in [0.1, 0.15) is 23.0 Å². The monoisotopic (exact) mass is 270 g/mol. The van der Waals surface area contributed by atoms with Gasteiger partial charge in [0.25, 0.3) is 5.91 Å². The first-order chi connectivity index (χ1) is 9.06. The van der Waals surface area contributed by atoms with Crippen molar-refractivity contribution in [3.8, 4) is 0 Å². The zero-order valence-corrected chi connectivity index (χ0v) is 10.1. The molecule has 0 spiro atoms. The fraction of sp³-hybridized carbons (Fsp3) is 0.462. The summed E-state index contributed by atoms with van der Waals surface area (Å²) in [5, 5.41) is 3.22. The average Bonchev–Trinajstić information content (AvgIpc) is 2.86. The van der Waals surface area contributed by atoms with Crippen LogP contribution in [0, 0.1) is 29.3 Å². The number of likely N-dealkylation sites (tertiary alicyclic amines) is 1. The molecular formula is C13H13F3N2O. The maximum Gasteiger partial charge on any atom is 0.259 e. The molecule has 0 saturated carbocycles. The smallest absolute Gasteiger partial charge is 0.259 e. The van der Waals surface area contributed by atoms with Gasteiger partial charge in [-0.25, -0.2) is 13.2 Å². The zero-order valence-electron chi connectivity index (χ0n) is 10.1. The molecule has 2 aliphatic rings. The number of benzene rings is 1. The highest BCUT2D eigenvalue weighted by Crippen LogP contribution is 2.28. The molecule has 102 valence electrons. The third-order valence-corrected chi connectivity index (χ3v) is 3.90. The molecule has 0 aliphatic carbocycles. The molecule has 2 aliphatic heterocycles. The van der Waals surface area contributed by atoms with E-state index in [1.807, 2.05) is 0 Å². The van der Waals surface area contributed by atoms with E-state index in [0.29, 0.717) is 37.1 Å². The van der Waals surface area contributed by atoms with E-state index < -0.39 is 28.9 Å². The molecule has 2 fully saturated rings. The zero-order chi connectivity index (χ0) is 13.6. The Hall–Kier alpha value is -1.56. The Labute approximate surface area is 108 Å². The van der Waals surface area contributed by atoms with Gasteiger partial charge < -0.3 is 10.2 Å². The molecule has 0 aromatic heterocycles. The molecule has 19 heavy (non-hydrogen) atoms. The van der Waals surface area contributed by atoms with Gasteiger partial charge in [-0.05, 0) is 11.8 Å². The first-order valence-electron chi connectivity index (χ1n) is 6.21. The minimum atomic E-state index is -1.14. The van der Waals surface area contributed by atoms with E-state index in [-0.39, 0.29) is 0 Å². The van der Waals surface area contributed by atoms with Gasteiger partial charge in [-0.15, -0.1) is 0 Å². The lowest BCUT2D eigenvalue weighted by atomic mass is 10.0. The van der Waals surface area contributed by atoms with Crippen LogP contribution >= 0.6 is 0 Å². The number of carbonyl (C=O) groups excluding carboxylic acids is 1. The molecule has 0 unspecified atom stereocenters. The minimum absolute atomic E-state index is 0.343. The van der Waals surface area contributed by atoms with Crippen LogP contribution in [-0.2, 0) is 0 Å². The van der Waals surface area contributed by atoms with Crippen molar-refractivity contribution in [3.63, 3.8) is 0 Å². The van der Waals surface area contributed by atoms with Crippen molar-refractivity contribution in [3.05, 3.63) is 35.1 Å². The van der Waals surface area contributed by atoms with E-state index in [9.17, 15) is 18.0 Å². The van der Waals surface area contributed by atoms with Gasteiger partial charge in [-0.3, -0.25) is 4.79 Å². The van der Waals surface area contributed by atoms with Crippen molar-refractivity contribution in [1.82, 2.24) is 10.2 Å². The SMILES string of the molecule is O=C(c1c(F)cc(F)cc1F)N1C[C@H]2CNC[C@H]2C1. The lowest BCUT2D eigenvalue weighted by Gasteiger charge is -2.18. The van der Waals surface area contributed by atoms with Crippen molar-refractivity contribution < 1.29 is 18.0 Å². The predicted molar refractivity (Wildman–Crippen MR) is 62.1 cm³/mol. The normalized spacial score (nSPS) is 25.7. The third-order valence-electron chi connectivity index (χ3n) is 3.90. The molecule has 1 N–H and O–H groups in total. The van der Waals surface area contributed by atoms with Crippen LogP contribution in [0.3, 0.4) is 0 Å². The summed E-state index contributed by atoms with van der Waals surface area (Å²) < 4.78 is 40.0. The second-order valence-corrected chi connectivity index (χ2v) is 5.13. The summed E-state index contributed by atoms with van der Waals surface area (Å²) in [6, 6.07) is 1.07. The van der Waals surface area contributed by atoms with Gasteiger partial charge in [-0.2, -0.15) is 0 Å². The molecular weight excluding hydrogens is 257 g/mol. The van der Waals surface area contributed by atoms with E-state index in [2.05, 4.69) is 5.32 Å². The number of hydrogen-bond acceptors (Lipinski definition) is 2. The lowest BCUT2D eigenvalue weighted by molar-refractivity contribution is 0.0772. The highest BCUT2D eigenvalue weighted by Gasteiger charge is 2.39. The molecule has 1 aromatic carbocycles. The Bertz CT molecular complexity index is 500. The summed E-state index contributed by atoms with van der Waals surface area (Å²) in [6.45, 7) is 2.63. The Morgan fingerprint density at radius 1 is 1.11 bits per heavy atom. The van der Waals surface area contributed by atoms with Crippen molar-refractivity contribution in [2.75, 3.05) is 26.2 Å². The van der Waals surface area contributed by atoms with Gasteiger partial charge in [0, 0.05) is 38.3 Å². The van der Waals surface area contributed by atoms with Crippen LogP contribution in [0.25, 0.3) is 0 Å². The summed E-state index contributed by atoms with van der Waals surface area (Å²) in [6.07, 6.45) is 0. The highest BCUT2D eigenvalue weighted by atomic mass is 19.1. The number of nitrogens with zero attached hydrogens (tertiary/aromatic N) is 1. The Morgan fingerprint density at radius 2 is 1.63 bits per heavy atom. The van der Waals surface area contributed by atoms with Crippen LogP contribution in [0.2, 0.25) is 0 Å². The second-order valence-electron chi connectivity index (χ2n) is 5.13. The molecule has 3 nitrogen and oxygen atoms in total. The average molecular weight is 270 g/mol.